The molecule has 2 saturated carbocycles. The molecular weight excluding hydrogens is 377 g/mol. The van der Waals surface area contributed by atoms with Crippen molar-refractivity contribution in [2.75, 3.05) is 0 Å². The SMILES string of the molecule is Cc1cc(C(=O)N/N=C2/CCCC[C@H]2C2CCCCC2)c(C)n1-c1ccc(F)cc1. The first kappa shape index (κ1) is 20.8. The second kappa shape index (κ2) is 9.15. The number of carbonyl (C=O) groups is 1. The number of benzene rings is 1. The van der Waals surface area contributed by atoms with Crippen molar-refractivity contribution < 1.29 is 9.18 Å². The van der Waals surface area contributed by atoms with E-state index in [4.69, 9.17) is 0 Å². The Balaban J connectivity index is 1.52. The Morgan fingerprint density at radius 2 is 1.73 bits per heavy atom. The summed E-state index contributed by atoms with van der Waals surface area (Å²) >= 11 is 0. The maximum atomic E-state index is 13.3. The number of hydrogen-bond acceptors (Lipinski definition) is 2. The number of nitrogens with one attached hydrogen (secondary N) is 1. The molecule has 1 heterocycles. The van der Waals surface area contributed by atoms with Crippen molar-refractivity contribution in [2.24, 2.45) is 16.9 Å². The van der Waals surface area contributed by atoms with Crippen LogP contribution in [0.3, 0.4) is 0 Å². The first-order valence-corrected chi connectivity index (χ1v) is 11.4. The molecule has 160 valence electrons. The van der Waals surface area contributed by atoms with E-state index in [-0.39, 0.29) is 11.7 Å². The molecule has 0 bridgehead atoms. The fourth-order valence-electron chi connectivity index (χ4n) is 5.37. The van der Waals surface area contributed by atoms with Crippen LogP contribution >= 0.6 is 0 Å². The van der Waals surface area contributed by atoms with Crippen molar-refractivity contribution in [1.82, 2.24) is 9.99 Å². The van der Waals surface area contributed by atoms with Crippen molar-refractivity contribution >= 4 is 11.6 Å². The number of aromatic nitrogens is 1. The molecule has 1 aromatic heterocycles. The van der Waals surface area contributed by atoms with E-state index in [9.17, 15) is 9.18 Å². The number of carbonyl (C=O) groups excluding carboxylic acids is 1. The highest BCUT2D eigenvalue weighted by Crippen LogP contribution is 2.37. The van der Waals surface area contributed by atoms with Crippen LogP contribution in [-0.2, 0) is 0 Å². The van der Waals surface area contributed by atoms with Crippen LogP contribution in [0, 0.1) is 31.5 Å². The maximum Gasteiger partial charge on any atom is 0.273 e. The third kappa shape index (κ3) is 4.35. The van der Waals surface area contributed by atoms with Crippen LogP contribution in [0.1, 0.15) is 79.5 Å². The third-order valence-corrected chi connectivity index (χ3v) is 6.91. The van der Waals surface area contributed by atoms with Gasteiger partial charge >= 0.3 is 0 Å². The van der Waals surface area contributed by atoms with Gasteiger partial charge in [-0.25, -0.2) is 9.82 Å². The van der Waals surface area contributed by atoms with E-state index in [1.165, 1.54) is 62.8 Å². The molecular formula is C25H32FN3O. The van der Waals surface area contributed by atoms with Gasteiger partial charge in [0.05, 0.1) is 5.56 Å². The van der Waals surface area contributed by atoms with Crippen LogP contribution in [0.2, 0.25) is 0 Å². The van der Waals surface area contributed by atoms with Crippen LogP contribution < -0.4 is 5.43 Å². The van der Waals surface area contributed by atoms with Gasteiger partial charge in [0.25, 0.3) is 5.91 Å². The van der Waals surface area contributed by atoms with Gasteiger partial charge in [-0.05, 0) is 82.2 Å². The average molecular weight is 410 g/mol. The second-order valence-electron chi connectivity index (χ2n) is 8.89. The molecule has 2 aliphatic carbocycles. The summed E-state index contributed by atoms with van der Waals surface area (Å²) in [6.45, 7) is 3.88. The third-order valence-electron chi connectivity index (χ3n) is 6.91. The molecule has 1 N–H and O–H groups in total. The number of amides is 1. The summed E-state index contributed by atoms with van der Waals surface area (Å²) in [5.41, 5.74) is 7.29. The zero-order valence-electron chi connectivity index (χ0n) is 18.1. The molecule has 0 spiro atoms. The quantitative estimate of drug-likeness (QED) is 0.610. The summed E-state index contributed by atoms with van der Waals surface area (Å²) in [6, 6.07) is 8.22. The number of aryl methyl sites for hydroxylation is 1. The highest BCUT2D eigenvalue weighted by molar-refractivity contribution is 5.97. The molecule has 1 atom stereocenters. The lowest BCUT2D eigenvalue weighted by Gasteiger charge is -2.33. The van der Waals surface area contributed by atoms with Crippen LogP contribution in [0.5, 0.6) is 0 Å². The fourth-order valence-corrected chi connectivity index (χ4v) is 5.37. The van der Waals surface area contributed by atoms with Crippen LogP contribution in [0.15, 0.2) is 35.4 Å². The molecule has 4 nitrogen and oxygen atoms in total. The second-order valence-corrected chi connectivity index (χ2v) is 8.89. The summed E-state index contributed by atoms with van der Waals surface area (Å²) in [4.78, 5) is 13.0. The van der Waals surface area contributed by atoms with Crippen molar-refractivity contribution in [3.8, 4) is 5.69 Å². The molecule has 0 radical (unpaired) electrons. The highest BCUT2D eigenvalue weighted by atomic mass is 19.1. The minimum Gasteiger partial charge on any atom is -0.318 e. The van der Waals surface area contributed by atoms with E-state index >= 15 is 0 Å². The summed E-state index contributed by atoms with van der Waals surface area (Å²) in [7, 11) is 0. The lowest BCUT2D eigenvalue weighted by Crippen LogP contribution is -2.31. The standard InChI is InChI=1S/C25H32FN3O/c1-17-16-23(18(2)29(17)21-14-12-20(26)13-15-21)25(30)28-27-24-11-7-6-10-22(24)19-8-4-3-5-9-19/h12-16,19,22H,3-11H2,1-2H3,(H,28,30)/b27-24-/t22-/m0/s1. The molecule has 30 heavy (non-hydrogen) atoms. The van der Waals surface area contributed by atoms with Crippen molar-refractivity contribution in [3.05, 3.63) is 53.1 Å². The van der Waals surface area contributed by atoms with Gasteiger partial charge in [-0.15, -0.1) is 0 Å². The summed E-state index contributed by atoms with van der Waals surface area (Å²) in [5.74, 6) is 0.830. The Morgan fingerprint density at radius 3 is 2.47 bits per heavy atom. The minimum atomic E-state index is -0.269. The Hall–Kier alpha value is -2.43. The Labute approximate surface area is 178 Å². The van der Waals surface area contributed by atoms with Gasteiger partial charge in [-0.1, -0.05) is 25.7 Å². The Bertz CT molecular complexity index is 923. The number of rotatable bonds is 4. The van der Waals surface area contributed by atoms with Crippen molar-refractivity contribution in [1.29, 1.82) is 0 Å². The van der Waals surface area contributed by atoms with Crippen molar-refractivity contribution in [3.63, 3.8) is 0 Å². The topological polar surface area (TPSA) is 46.4 Å². The molecule has 0 aliphatic heterocycles. The summed E-state index contributed by atoms with van der Waals surface area (Å²) < 4.78 is 15.3. The number of hydrazone groups is 1. The molecule has 4 rings (SSSR count). The normalized spacial score (nSPS) is 21.7. The predicted octanol–water partition coefficient (Wildman–Crippen LogP) is 6.09. The number of hydrogen-bond donors (Lipinski definition) is 1. The van der Waals surface area contributed by atoms with Gasteiger partial charge in [0.15, 0.2) is 0 Å². The molecule has 0 unspecified atom stereocenters. The lowest BCUT2D eigenvalue weighted by molar-refractivity contribution is 0.0953. The van der Waals surface area contributed by atoms with E-state index < -0.39 is 0 Å². The monoisotopic (exact) mass is 409 g/mol. The van der Waals surface area contributed by atoms with E-state index in [0.717, 1.165) is 35.8 Å². The number of nitrogens with zero attached hydrogens (tertiary/aromatic N) is 2. The smallest absolute Gasteiger partial charge is 0.273 e. The lowest BCUT2D eigenvalue weighted by atomic mass is 9.72. The Morgan fingerprint density at radius 1 is 1.03 bits per heavy atom. The Kier molecular flexibility index (Phi) is 6.35. The van der Waals surface area contributed by atoms with E-state index in [0.29, 0.717) is 11.5 Å². The minimum absolute atomic E-state index is 0.170. The molecule has 1 aromatic carbocycles. The van der Waals surface area contributed by atoms with Crippen molar-refractivity contribution in [2.45, 2.75) is 71.6 Å². The maximum absolute atomic E-state index is 13.3. The first-order chi connectivity index (χ1) is 14.5. The van der Waals surface area contributed by atoms with Gasteiger partial charge in [0.2, 0.25) is 0 Å². The van der Waals surface area contributed by atoms with Gasteiger partial charge < -0.3 is 4.57 Å². The first-order valence-electron chi connectivity index (χ1n) is 11.4. The van der Waals surface area contributed by atoms with E-state index in [2.05, 4.69) is 10.5 Å². The largest absolute Gasteiger partial charge is 0.318 e. The molecule has 5 heteroatoms. The average Bonchev–Trinajstić information content (AvgIpc) is 3.07. The number of halogens is 1. The highest BCUT2D eigenvalue weighted by Gasteiger charge is 2.30. The molecule has 2 aromatic rings. The van der Waals surface area contributed by atoms with Crippen LogP contribution in [-0.4, -0.2) is 16.2 Å². The zero-order chi connectivity index (χ0) is 21.1. The molecule has 2 fully saturated rings. The van der Waals surface area contributed by atoms with Crippen LogP contribution in [0.25, 0.3) is 5.69 Å². The summed E-state index contributed by atoms with van der Waals surface area (Å²) in [6.07, 6.45) is 11.3. The van der Waals surface area contributed by atoms with E-state index in [1.54, 1.807) is 12.1 Å². The van der Waals surface area contributed by atoms with Gasteiger partial charge in [0.1, 0.15) is 5.82 Å². The fraction of sp³-hybridized carbons (Fsp3) is 0.520. The summed E-state index contributed by atoms with van der Waals surface area (Å²) in [5, 5.41) is 4.64. The molecule has 1 amide bonds. The van der Waals surface area contributed by atoms with Gasteiger partial charge in [0, 0.05) is 28.7 Å². The predicted molar refractivity (Wildman–Crippen MR) is 119 cm³/mol. The van der Waals surface area contributed by atoms with Gasteiger partial charge in [-0.3, -0.25) is 4.79 Å². The molecule has 2 aliphatic rings. The van der Waals surface area contributed by atoms with Gasteiger partial charge in [-0.2, -0.15) is 5.10 Å². The zero-order valence-corrected chi connectivity index (χ0v) is 18.1. The molecule has 0 saturated heterocycles. The van der Waals surface area contributed by atoms with E-state index in [1.807, 2.05) is 24.5 Å². The van der Waals surface area contributed by atoms with Crippen LogP contribution in [0.4, 0.5) is 4.39 Å².